The number of nitrogens with one attached hydrogen (secondary N) is 1. The molecule has 0 spiro atoms. The van der Waals surface area contributed by atoms with Gasteiger partial charge >= 0.3 is 0 Å². The number of para-hydroxylation sites is 1. The van der Waals surface area contributed by atoms with E-state index >= 15 is 0 Å². The number of benzene rings is 1. The van der Waals surface area contributed by atoms with Gasteiger partial charge in [-0.25, -0.2) is 0 Å². The number of ether oxygens (including phenoxy) is 1. The molecular formula is C13H17N3OS. The average Bonchev–Trinajstić information content (AvgIpc) is 2.92. The maximum Gasteiger partial charge on any atom is 0.124 e. The highest BCUT2D eigenvalue weighted by atomic mass is 32.1. The van der Waals surface area contributed by atoms with Gasteiger partial charge in [0.1, 0.15) is 5.75 Å². The first-order valence-electron chi connectivity index (χ1n) is 6.02. The third-order valence-electron chi connectivity index (χ3n) is 2.65. The third-order valence-corrected chi connectivity index (χ3v) is 3.18. The van der Waals surface area contributed by atoms with Crippen molar-refractivity contribution < 1.29 is 4.74 Å². The van der Waals surface area contributed by atoms with Crippen molar-refractivity contribution >= 4 is 11.5 Å². The highest BCUT2D eigenvalue weighted by Gasteiger charge is 2.18. The van der Waals surface area contributed by atoms with E-state index in [0.717, 1.165) is 30.0 Å². The fraction of sp³-hybridized carbons (Fsp3) is 0.385. The largest absolute Gasteiger partial charge is 0.493 e. The van der Waals surface area contributed by atoms with Crippen LogP contribution in [0.1, 0.15) is 30.6 Å². The minimum Gasteiger partial charge on any atom is -0.493 e. The molecule has 96 valence electrons. The van der Waals surface area contributed by atoms with Gasteiger partial charge in [0, 0.05) is 10.9 Å². The van der Waals surface area contributed by atoms with Crippen molar-refractivity contribution in [1.82, 2.24) is 14.9 Å². The summed E-state index contributed by atoms with van der Waals surface area (Å²) in [5, 5.41) is 9.35. The highest BCUT2D eigenvalue weighted by molar-refractivity contribution is 7.03. The Morgan fingerprint density at radius 1 is 1.39 bits per heavy atom. The summed E-state index contributed by atoms with van der Waals surface area (Å²) in [5.41, 5.74) is 2.02. The summed E-state index contributed by atoms with van der Waals surface area (Å²) in [7, 11) is 1.92. The van der Waals surface area contributed by atoms with Crippen LogP contribution in [0.3, 0.4) is 0 Å². The normalized spacial score (nSPS) is 12.3. The average molecular weight is 263 g/mol. The van der Waals surface area contributed by atoms with Crippen molar-refractivity contribution in [3.05, 3.63) is 40.9 Å². The zero-order valence-corrected chi connectivity index (χ0v) is 11.4. The number of aromatic nitrogens is 2. The van der Waals surface area contributed by atoms with E-state index in [4.69, 9.17) is 4.74 Å². The maximum absolute atomic E-state index is 5.78. The lowest BCUT2D eigenvalue weighted by atomic mass is 10.0. The fourth-order valence-corrected chi connectivity index (χ4v) is 2.30. The van der Waals surface area contributed by atoms with Crippen LogP contribution in [0.5, 0.6) is 5.75 Å². The van der Waals surface area contributed by atoms with Gasteiger partial charge < -0.3 is 10.1 Å². The molecule has 5 heteroatoms. The maximum atomic E-state index is 5.78. The zero-order valence-electron chi connectivity index (χ0n) is 10.6. The molecule has 0 fully saturated rings. The van der Waals surface area contributed by atoms with Crippen molar-refractivity contribution in [2.45, 2.75) is 19.4 Å². The number of nitrogens with zero attached hydrogens (tertiary/aromatic N) is 2. The molecule has 1 aromatic heterocycles. The summed E-state index contributed by atoms with van der Waals surface area (Å²) < 4.78 is 9.70. The van der Waals surface area contributed by atoms with E-state index in [1.54, 1.807) is 0 Å². The Labute approximate surface area is 111 Å². The van der Waals surface area contributed by atoms with E-state index in [1.165, 1.54) is 11.5 Å². The Balaban J connectivity index is 2.30. The van der Waals surface area contributed by atoms with E-state index in [9.17, 15) is 0 Å². The van der Waals surface area contributed by atoms with E-state index in [1.807, 2.05) is 30.6 Å². The summed E-state index contributed by atoms with van der Waals surface area (Å²) in [5.74, 6) is 0.909. The Hall–Kier alpha value is -1.46. The molecule has 0 aliphatic heterocycles. The Bertz CT molecular complexity index is 473. The quantitative estimate of drug-likeness (QED) is 0.870. The van der Waals surface area contributed by atoms with Crippen molar-refractivity contribution in [1.29, 1.82) is 0 Å². The van der Waals surface area contributed by atoms with Crippen LogP contribution in [0.4, 0.5) is 0 Å². The van der Waals surface area contributed by atoms with Gasteiger partial charge in [-0.05, 0) is 31.1 Å². The van der Waals surface area contributed by atoms with Crippen LogP contribution < -0.4 is 10.1 Å². The van der Waals surface area contributed by atoms with Gasteiger partial charge in [-0.2, -0.15) is 0 Å². The molecule has 1 heterocycles. The zero-order chi connectivity index (χ0) is 12.8. The summed E-state index contributed by atoms with van der Waals surface area (Å²) >= 11 is 1.36. The van der Waals surface area contributed by atoms with Gasteiger partial charge in [0.2, 0.25) is 0 Å². The second kappa shape index (κ2) is 6.47. The molecule has 0 bridgehead atoms. The number of rotatable bonds is 6. The van der Waals surface area contributed by atoms with Crippen molar-refractivity contribution in [3.63, 3.8) is 0 Å². The Morgan fingerprint density at radius 2 is 2.22 bits per heavy atom. The first kappa shape index (κ1) is 13.0. The molecule has 2 rings (SSSR count). The van der Waals surface area contributed by atoms with Gasteiger partial charge in [0.25, 0.3) is 0 Å². The van der Waals surface area contributed by atoms with Crippen LogP contribution in [-0.2, 0) is 0 Å². The second-order valence-electron chi connectivity index (χ2n) is 3.94. The molecule has 0 saturated carbocycles. The van der Waals surface area contributed by atoms with Crippen LogP contribution >= 0.6 is 11.5 Å². The molecule has 1 unspecified atom stereocenters. The van der Waals surface area contributed by atoms with E-state index < -0.39 is 0 Å². The van der Waals surface area contributed by atoms with E-state index in [0.29, 0.717) is 0 Å². The standard InChI is InChI=1S/C13H17N3OS/c1-3-8-17-12-7-5-4-6-10(12)13(14-2)11-9-18-16-15-11/h4-7,9,13-14H,3,8H2,1-2H3. The summed E-state index contributed by atoms with van der Waals surface area (Å²) in [4.78, 5) is 0. The van der Waals surface area contributed by atoms with Crippen LogP contribution in [-0.4, -0.2) is 23.2 Å². The van der Waals surface area contributed by atoms with Crippen LogP contribution in [0.25, 0.3) is 0 Å². The molecule has 0 amide bonds. The predicted molar refractivity (Wildman–Crippen MR) is 73.0 cm³/mol. The van der Waals surface area contributed by atoms with Gasteiger partial charge in [0.05, 0.1) is 18.3 Å². The minimum absolute atomic E-state index is 0.0248. The number of hydrogen-bond acceptors (Lipinski definition) is 5. The molecule has 1 N–H and O–H groups in total. The molecule has 18 heavy (non-hydrogen) atoms. The van der Waals surface area contributed by atoms with Gasteiger partial charge in [-0.3, -0.25) is 0 Å². The highest BCUT2D eigenvalue weighted by Crippen LogP contribution is 2.29. The second-order valence-corrected chi connectivity index (χ2v) is 4.55. The van der Waals surface area contributed by atoms with Crippen LogP contribution in [0.15, 0.2) is 29.6 Å². The fourth-order valence-electron chi connectivity index (χ4n) is 1.82. The predicted octanol–water partition coefficient (Wildman–Crippen LogP) is 2.64. The molecule has 0 saturated heterocycles. The summed E-state index contributed by atoms with van der Waals surface area (Å²) in [6.07, 6.45) is 0.997. The summed E-state index contributed by atoms with van der Waals surface area (Å²) in [6, 6.07) is 8.08. The molecule has 0 radical (unpaired) electrons. The molecular weight excluding hydrogens is 246 g/mol. The molecule has 2 aromatic rings. The smallest absolute Gasteiger partial charge is 0.124 e. The Kier molecular flexibility index (Phi) is 4.66. The van der Waals surface area contributed by atoms with E-state index in [2.05, 4.69) is 27.9 Å². The number of hydrogen-bond donors (Lipinski definition) is 1. The van der Waals surface area contributed by atoms with Gasteiger partial charge in [-0.15, -0.1) is 5.10 Å². The minimum atomic E-state index is 0.0248. The molecule has 4 nitrogen and oxygen atoms in total. The van der Waals surface area contributed by atoms with E-state index in [-0.39, 0.29) is 6.04 Å². The topological polar surface area (TPSA) is 47.0 Å². The monoisotopic (exact) mass is 263 g/mol. The SMILES string of the molecule is CCCOc1ccccc1C(NC)c1csnn1. The molecule has 1 atom stereocenters. The van der Waals surface area contributed by atoms with Crippen molar-refractivity contribution in [2.24, 2.45) is 0 Å². The van der Waals surface area contributed by atoms with Crippen LogP contribution in [0.2, 0.25) is 0 Å². The lowest BCUT2D eigenvalue weighted by Gasteiger charge is -2.18. The van der Waals surface area contributed by atoms with Gasteiger partial charge in [0.15, 0.2) is 0 Å². The first-order chi connectivity index (χ1) is 8.86. The first-order valence-corrected chi connectivity index (χ1v) is 6.86. The van der Waals surface area contributed by atoms with Gasteiger partial charge in [-0.1, -0.05) is 29.6 Å². The third kappa shape index (κ3) is 2.86. The lowest BCUT2D eigenvalue weighted by Crippen LogP contribution is -2.19. The van der Waals surface area contributed by atoms with Crippen LogP contribution in [0, 0.1) is 0 Å². The molecule has 0 aliphatic rings. The molecule has 1 aromatic carbocycles. The summed E-state index contributed by atoms with van der Waals surface area (Å²) in [6.45, 7) is 2.82. The lowest BCUT2D eigenvalue weighted by molar-refractivity contribution is 0.312. The van der Waals surface area contributed by atoms with Crippen molar-refractivity contribution in [2.75, 3.05) is 13.7 Å². The molecule has 0 aliphatic carbocycles. The Morgan fingerprint density at radius 3 is 2.89 bits per heavy atom. The van der Waals surface area contributed by atoms with Crippen molar-refractivity contribution in [3.8, 4) is 5.75 Å².